The van der Waals surface area contributed by atoms with Crippen molar-refractivity contribution in [1.82, 2.24) is 4.90 Å². The summed E-state index contributed by atoms with van der Waals surface area (Å²) in [4.78, 5) is 14.3. The van der Waals surface area contributed by atoms with E-state index in [1.54, 1.807) is 0 Å². The average molecular weight is 410 g/mol. The van der Waals surface area contributed by atoms with E-state index < -0.39 is 0 Å². The van der Waals surface area contributed by atoms with Crippen molar-refractivity contribution >= 4 is 46.6 Å². The first-order chi connectivity index (χ1) is 9.20. The van der Waals surface area contributed by atoms with Gasteiger partial charge in [0.05, 0.1) is 12.2 Å². The Hall–Kier alpha value is -0.370. The molecule has 20 heavy (non-hydrogen) atoms. The molecule has 1 aliphatic rings. The number of hydrogen-bond acceptors (Lipinski definition) is 3. The van der Waals surface area contributed by atoms with E-state index >= 15 is 0 Å². The quantitative estimate of drug-likeness (QED) is 0.751. The number of likely N-dealkylation sites (tertiary alicyclic amines) is 1. The van der Waals surface area contributed by atoms with Gasteiger partial charge in [0.15, 0.2) is 0 Å². The largest absolute Gasteiger partial charge is 0.329 e. The number of piperidine rings is 1. The second kappa shape index (κ2) is 8.81. The molecule has 0 aromatic heterocycles. The van der Waals surface area contributed by atoms with Gasteiger partial charge in [-0.3, -0.25) is 9.69 Å². The van der Waals surface area contributed by atoms with E-state index in [4.69, 9.17) is 5.73 Å². The molecule has 4 nitrogen and oxygen atoms in total. The van der Waals surface area contributed by atoms with Gasteiger partial charge < -0.3 is 11.1 Å². The van der Waals surface area contributed by atoms with Crippen LogP contribution in [0.2, 0.25) is 0 Å². The van der Waals surface area contributed by atoms with E-state index in [0.717, 1.165) is 28.6 Å². The van der Waals surface area contributed by atoms with Crippen LogP contribution in [0.4, 0.5) is 5.69 Å². The summed E-state index contributed by atoms with van der Waals surface area (Å²) >= 11 is 2.23. The van der Waals surface area contributed by atoms with Crippen molar-refractivity contribution in [3.8, 4) is 0 Å². The minimum atomic E-state index is 0. The number of benzene rings is 1. The molecule has 1 aromatic rings. The van der Waals surface area contributed by atoms with Crippen LogP contribution >= 0.6 is 35.0 Å². The molecule has 1 unspecified atom stereocenters. The summed E-state index contributed by atoms with van der Waals surface area (Å²) in [5.74, 6) is 0.0458. The molecule has 1 atom stereocenters. The molecule has 1 aromatic carbocycles. The molecule has 1 amide bonds. The van der Waals surface area contributed by atoms with Crippen LogP contribution in [-0.4, -0.2) is 36.5 Å². The van der Waals surface area contributed by atoms with Crippen molar-refractivity contribution in [3.05, 3.63) is 27.8 Å². The van der Waals surface area contributed by atoms with Crippen molar-refractivity contribution in [2.24, 2.45) is 5.73 Å². The standard InChI is InChI=1S/C14H20IN3O.ClH/c15-12-6-1-2-7-13(12)17-14(19)10-18-8-4-3-5-11(18)9-16;/h1-2,6-7,11H,3-5,8-10,16H2,(H,17,19);1H. The maximum Gasteiger partial charge on any atom is 0.238 e. The number of carbonyl (C=O) groups excluding carboxylic acids is 1. The number of para-hydroxylation sites is 1. The van der Waals surface area contributed by atoms with Crippen LogP contribution in [0.5, 0.6) is 0 Å². The Bertz CT molecular complexity index is 444. The number of rotatable bonds is 4. The van der Waals surface area contributed by atoms with Crippen LogP contribution in [0, 0.1) is 3.57 Å². The Labute approximate surface area is 140 Å². The van der Waals surface area contributed by atoms with Crippen LogP contribution in [0.15, 0.2) is 24.3 Å². The number of carbonyl (C=O) groups is 1. The highest BCUT2D eigenvalue weighted by Crippen LogP contribution is 2.18. The highest BCUT2D eigenvalue weighted by Gasteiger charge is 2.23. The highest BCUT2D eigenvalue weighted by atomic mass is 127. The van der Waals surface area contributed by atoms with E-state index in [-0.39, 0.29) is 18.3 Å². The lowest BCUT2D eigenvalue weighted by atomic mass is 10.0. The van der Waals surface area contributed by atoms with Gasteiger partial charge in [0.2, 0.25) is 5.91 Å². The highest BCUT2D eigenvalue weighted by molar-refractivity contribution is 14.1. The first-order valence-electron chi connectivity index (χ1n) is 6.69. The molecular formula is C14H21ClIN3O. The Morgan fingerprint density at radius 2 is 2.15 bits per heavy atom. The van der Waals surface area contributed by atoms with E-state index in [2.05, 4.69) is 32.8 Å². The zero-order chi connectivity index (χ0) is 13.7. The smallest absolute Gasteiger partial charge is 0.238 e. The summed E-state index contributed by atoms with van der Waals surface area (Å²) in [6.45, 7) is 2.05. The molecule has 6 heteroatoms. The van der Waals surface area contributed by atoms with Gasteiger partial charge in [-0.15, -0.1) is 12.4 Å². The molecule has 112 valence electrons. The van der Waals surface area contributed by atoms with E-state index in [9.17, 15) is 4.79 Å². The molecule has 1 aliphatic heterocycles. The Kier molecular flexibility index (Phi) is 7.79. The fourth-order valence-corrected chi connectivity index (χ4v) is 2.99. The van der Waals surface area contributed by atoms with E-state index in [1.807, 2.05) is 24.3 Å². The predicted molar refractivity (Wildman–Crippen MR) is 93.3 cm³/mol. The molecule has 1 fully saturated rings. The van der Waals surface area contributed by atoms with Crippen molar-refractivity contribution in [2.75, 3.05) is 25.0 Å². The third-order valence-electron chi connectivity index (χ3n) is 3.52. The molecule has 0 spiro atoms. The van der Waals surface area contributed by atoms with Gasteiger partial charge in [0, 0.05) is 16.2 Å². The zero-order valence-electron chi connectivity index (χ0n) is 11.3. The summed E-state index contributed by atoms with van der Waals surface area (Å²) in [6.07, 6.45) is 3.48. The van der Waals surface area contributed by atoms with Crippen molar-refractivity contribution < 1.29 is 4.79 Å². The van der Waals surface area contributed by atoms with Crippen molar-refractivity contribution in [2.45, 2.75) is 25.3 Å². The molecule has 0 saturated carbocycles. The van der Waals surface area contributed by atoms with Gasteiger partial charge in [-0.2, -0.15) is 0 Å². The van der Waals surface area contributed by atoms with Gasteiger partial charge in [-0.05, 0) is 54.1 Å². The Morgan fingerprint density at radius 1 is 1.40 bits per heavy atom. The Balaban J connectivity index is 0.00000200. The third kappa shape index (κ3) is 4.87. The van der Waals surface area contributed by atoms with Crippen LogP contribution < -0.4 is 11.1 Å². The third-order valence-corrected chi connectivity index (χ3v) is 4.46. The second-order valence-electron chi connectivity index (χ2n) is 4.88. The molecule has 1 heterocycles. The number of nitrogens with zero attached hydrogens (tertiary/aromatic N) is 1. The van der Waals surface area contributed by atoms with Crippen LogP contribution in [0.3, 0.4) is 0 Å². The minimum absolute atomic E-state index is 0. The zero-order valence-corrected chi connectivity index (χ0v) is 14.3. The fourth-order valence-electron chi connectivity index (χ4n) is 2.47. The van der Waals surface area contributed by atoms with Gasteiger partial charge in [0.25, 0.3) is 0 Å². The topological polar surface area (TPSA) is 58.4 Å². The van der Waals surface area contributed by atoms with Gasteiger partial charge in [-0.25, -0.2) is 0 Å². The van der Waals surface area contributed by atoms with Crippen molar-refractivity contribution in [3.63, 3.8) is 0 Å². The lowest BCUT2D eigenvalue weighted by molar-refractivity contribution is -0.118. The summed E-state index contributed by atoms with van der Waals surface area (Å²) in [5, 5.41) is 2.97. The first kappa shape index (κ1) is 17.7. The second-order valence-corrected chi connectivity index (χ2v) is 6.05. The van der Waals surface area contributed by atoms with Gasteiger partial charge in [-0.1, -0.05) is 18.6 Å². The summed E-state index contributed by atoms with van der Waals surface area (Å²) in [6, 6.07) is 8.17. The normalized spacial score (nSPS) is 19.2. The molecule has 0 radical (unpaired) electrons. The summed E-state index contributed by atoms with van der Waals surface area (Å²) < 4.78 is 1.06. The number of anilines is 1. The van der Waals surface area contributed by atoms with Gasteiger partial charge >= 0.3 is 0 Å². The minimum Gasteiger partial charge on any atom is -0.329 e. The molecular weight excluding hydrogens is 389 g/mol. The molecule has 2 rings (SSSR count). The summed E-state index contributed by atoms with van der Waals surface area (Å²) in [5.41, 5.74) is 6.66. The summed E-state index contributed by atoms with van der Waals surface area (Å²) in [7, 11) is 0. The van der Waals surface area contributed by atoms with Crippen LogP contribution in [0.25, 0.3) is 0 Å². The van der Waals surface area contributed by atoms with E-state index in [0.29, 0.717) is 19.1 Å². The first-order valence-corrected chi connectivity index (χ1v) is 7.77. The maximum atomic E-state index is 12.1. The number of halogens is 2. The lowest BCUT2D eigenvalue weighted by Gasteiger charge is -2.34. The van der Waals surface area contributed by atoms with Crippen molar-refractivity contribution in [1.29, 1.82) is 0 Å². The SMILES string of the molecule is Cl.NCC1CCCCN1CC(=O)Nc1ccccc1I. The predicted octanol–water partition coefficient (Wildman–Crippen LogP) is 2.46. The average Bonchev–Trinajstić information content (AvgIpc) is 2.42. The number of amides is 1. The van der Waals surface area contributed by atoms with Crippen LogP contribution in [0.1, 0.15) is 19.3 Å². The molecule has 3 N–H and O–H groups in total. The number of hydrogen-bond donors (Lipinski definition) is 2. The number of nitrogens with one attached hydrogen (secondary N) is 1. The molecule has 1 saturated heterocycles. The molecule has 0 aliphatic carbocycles. The van der Waals surface area contributed by atoms with Gasteiger partial charge in [0.1, 0.15) is 0 Å². The number of nitrogens with two attached hydrogens (primary N) is 1. The monoisotopic (exact) mass is 409 g/mol. The maximum absolute atomic E-state index is 12.1. The van der Waals surface area contributed by atoms with Crippen LogP contribution in [-0.2, 0) is 4.79 Å². The lowest BCUT2D eigenvalue weighted by Crippen LogP contribution is -2.47. The molecule has 0 bridgehead atoms. The fraction of sp³-hybridized carbons (Fsp3) is 0.500. The Morgan fingerprint density at radius 3 is 2.85 bits per heavy atom. The van der Waals surface area contributed by atoms with E-state index in [1.165, 1.54) is 6.42 Å².